The van der Waals surface area contributed by atoms with Crippen molar-refractivity contribution in [2.75, 3.05) is 38.5 Å². The molecule has 0 aromatic carbocycles. The first kappa shape index (κ1) is 17.9. The SMILES string of the molecule is CCN(CC)CCCNS(=O)(=O)CCC1CCCCN1. The van der Waals surface area contributed by atoms with Crippen LogP contribution in [0, 0.1) is 0 Å². The average molecular weight is 305 g/mol. The Balaban J connectivity index is 2.14. The molecule has 1 heterocycles. The predicted octanol–water partition coefficient (Wildman–Crippen LogP) is 1.17. The second kappa shape index (κ2) is 9.71. The van der Waals surface area contributed by atoms with Gasteiger partial charge in [-0.1, -0.05) is 20.3 Å². The highest BCUT2D eigenvalue weighted by atomic mass is 32.2. The van der Waals surface area contributed by atoms with Crippen molar-refractivity contribution in [1.82, 2.24) is 14.9 Å². The fourth-order valence-electron chi connectivity index (χ4n) is 2.61. The molecule has 120 valence electrons. The van der Waals surface area contributed by atoms with Crippen LogP contribution in [0.5, 0.6) is 0 Å². The lowest BCUT2D eigenvalue weighted by molar-refractivity contribution is 0.300. The third-order valence-electron chi connectivity index (χ3n) is 4.01. The second-order valence-electron chi connectivity index (χ2n) is 5.53. The maximum atomic E-state index is 11.9. The highest BCUT2D eigenvalue weighted by molar-refractivity contribution is 7.89. The lowest BCUT2D eigenvalue weighted by Crippen LogP contribution is -2.37. The van der Waals surface area contributed by atoms with E-state index in [-0.39, 0.29) is 5.75 Å². The van der Waals surface area contributed by atoms with Crippen LogP contribution >= 0.6 is 0 Å². The van der Waals surface area contributed by atoms with Gasteiger partial charge in [0.15, 0.2) is 0 Å². The van der Waals surface area contributed by atoms with Gasteiger partial charge in [0.25, 0.3) is 0 Å². The van der Waals surface area contributed by atoms with E-state index in [9.17, 15) is 8.42 Å². The molecule has 0 aromatic rings. The summed E-state index contributed by atoms with van der Waals surface area (Å²) >= 11 is 0. The van der Waals surface area contributed by atoms with E-state index in [0.29, 0.717) is 12.6 Å². The van der Waals surface area contributed by atoms with Gasteiger partial charge in [-0.15, -0.1) is 0 Å². The van der Waals surface area contributed by atoms with E-state index < -0.39 is 10.0 Å². The van der Waals surface area contributed by atoms with Crippen LogP contribution in [0.3, 0.4) is 0 Å². The van der Waals surface area contributed by atoms with Crippen LogP contribution in [0.15, 0.2) is 0 Å². The monoisotopic (exact) mass is 305 g/mol. The molecule has 0 aliphatic carbocycles. The van der Waals surface area contributed by atoms with Crippen molar-refractivity contribution in [2.45, 2.75) is 52.0 Å². The van der Waals surface area contributed by atoms with Crippen molar-refractivity contribution >= 4 is 10.0 Å². The number of nitrogens with zero attached hydrogens (tertiary/aromatic N) is 1. The Hall–Kier alpha value is -0.170. The summed E-state index contributed by atoms with van der Waals surface area (Å²) in [6.07, 6.45) is 5.15. The Bertz CT molecular complexity index is 336. The van der Waals surface area contributed by atoms with E-state index in [1.807, 2.05) is 0 Å². The molecule has 1 saturated heterocycles. The third kappa shape index (κ3) is 7.57. The lowest BCUT2D eigenvalue weighted by Gasteiger charge is -2.23. The number of hydrogen-bond acceptors (Lipinski definition) is 4. The zero-order valence-corrected chi connectivity index (χ0v) is 13.8. The molecule has 1 aliphatic heterocycles. The van der Waals surface area contributed by atoms with Gasteiger partial charge in [-0.05, 0) is 51.9 Å². The molecular weight excluding hydrogens is 274 g/mol. The average Bonchev–Trinajstić information content (AvgIpc) is 2.47. The van der Waals surface area contributed by atoms with Crippen molar-refractivity contribution in [1.29, 1.82) is 0 Å². The molecule has 0 bridgehead atoms. The topological polar surface area (TPSA) is 61.4 Å². The molecule has 0 spiro atoms. The van der Waals surface area contributed by atoms with Crippen LogP contribution < -0.4 is 10.0 Å². The van der Waals surface area contributed by atoms with Gasteiger partial charge >= 0.3 is 0 Å². The molecule has 0 radical (unpaired) electrons. The van der Waals surface area contributed by atoms with Crippen molar-refractivity contribution in [3.8, 4) is 0 Å². The fraction of sp³-hybridized carbons (Fsp3) is 1.00. The Kier molecular flexibility index (Phi) is 8.68. The molecule has 1 fully saturated rings. The Morgan fingerprint density at radius 1 is 1.25 bits per heavy atom. The minimum Gasteiger partial charge on any atom is -0.314 e. The molecule has 2 N–H and O–H groups in total. The van der Waals surface area contributed by atoms with Crippen molar-refractivity contribution in [3.05, 3.63) is 0 Å². The highest BCUT2D eigenvalue weighted by Crippen LogP contribution is 2.10. The molecule has 20 heavy (non-hydrogen) atoms. The largest absolute Gasteiger partial charge is 0.314 e. The maximum absolute atomic E-state index is 11.9. The van der Waals surface area contributed by atoms with Crippen LogP contribution in [0.2, 0.25) is 0 Å². The van der Waals surface area contributed by atoms with Gasteiger partial charge in [0.2, 0.25) is 10.0 Å². The van der Waals surface area contributed by atoms with Crippen LogP contribution in [-0.2, 0) is 10.0 Å². The molecule has 1 rings (SSSR count). The van der Waals surface area contributed by atoms with Gasteiger partial charge in [-0.2, -0.15) is 0 Å². The van der Waals surface area contributed by atoms with Crippen molar-refractivity contribution < 1.29 is 8.42 Å². The molecular formula is C14H31N3O2S. The summed E-state index contributed by atoms with van der Waals surface area (Å²) in [6, 6.07) is 0.385. The predicted molar refractivity (Wildman–Crippen MR) is 84.5 cm³/mol. The summed E-state index contributed by atoms with van der Waals surface area (Å²) in [6.45, 7) is 8.85. The third-order valence-corrected chi connectivity index (χ3v) is 5.43. The Morgan fingerprint density at radius 2 is 2.00 bits per heavy atom. The number of nitrogens with one attached hydrogen (secondary N) is 2. The molecule has 1 unspecified atom stereocenters. The highest BCUT2D eigenvalue weighted by Gasteiger charge is 2.17. The second-order valence-corrected chi connectivity index (χ2v) is 7.46. The molecule has 0 amide bonds. The van der Waals surface area contributed by atoms with E-state index in [0.717, 1.165) is 45.4 Å². The van der Waals surface area contributed by atoms with E-state index in [4.69, 9.17) is 0 Å². The van der Waals surface area contributed by atoms with Crippen molar-refractivity contribution in [2.24, 2.45) is 0 Å². The Morgan fingerprint density at radius 3 is 2.60 bits per heavy atom. The zero-order chi connectivity index (χ0) is 14.8. The van der Waals surface area contributed by atoms with E-state index >= 15 is 0 Å². The fourth-order valence-corrected chi connectivity index (χ4v) is 3.80. The summed E-state index contributed by atoms with van der Waals surface area (Å²) in [5.74, 6) is 0.246. The normalized spacial score (nSPS) is 20.4. The maximum Gasteiger partial charge on any atom is 0.211 e. The number of hydrogen-bond donors (Lipinski definition) is 2. The van der Waals surface area contributed by atoms with Gasteiger partial charge < -0.3 is 10.2 Å². The summed E-state index contributed by atoms with van der Waals surface area (Å²) in [4.78, 5) is 2.31. The standard InChI is InChI=1S/C14H31N3O2S/c1-3-17(4-2)12-7-11-16-20(18,19)13-9-14-8-5-6-10-15-14/h14-16H,3-13H2,1-2H3. The number of sulfonamides is 1. The minimum atomic E-state index is -3.10. The smallest absolute Gasteiger partial charge is 0.211 e. The first-order valence-electron chi connectivity index (χ1n) is 8.00. The van der Waals surface area contributed by atoms with Gasteiger partial charge in [-0.3, -0.25) is 0 Å². The van der Waals surface area contributed by atoms with Crippen LogP contribution in [0.1, 0.15) is 46.0 Å². The van der Waals surface area contributed by atoms with E-state index in [1.54, 1.807) is 0 Å². The van der Waals surface area contributed by atoms with Crippen molar-refractivity contribution in [3.63, 3.8) is 0 Å². The summed E-state index contributed by atoms with van der Waals surface area (Å²) < 4.78 is 26.5. The van der Waals surface area contributed by atoms with E-state index in [2.05, 4.69) is 28.8 Å². The number of rotatable bonds is 10. The van der Waals surface area contributed by atoms with Gasteiger partial charge in [0.05, 0.1) is 5.75 Å². The Labute approximate surface area is 124 Å². The first-order chi connectivity index (χ1) is 9.57. The molecule has 0 aromatic heterocycles. The van der Waals surface area contributed by atoms with Crippen LogP contribution in [0.4, 0.5) is 0 Å². The quantitative estimate of drug-likeness (QED) is 0.595. The number of piperidine rings is 1. The molecule has 1 aliphatic rings. The summed E-state index contributed by atoms with van der Waals surface area (Å²) in [7, 11) is -3.10. The zero-order valence-electron chi connectivity index (χ0n) is 13.0. The minimum absolute atomic E-state index is 0.246. The molecule has 0 saturated carbocycles. The van der Waals surface area contributed by atoms with Gasteiger partial charge in [0.1, 0.15) is 0 Å². The van der Waals surface area contributed by atoms with Gasteiger partial charge in [-0.25, -0.2) is 13.1 Å². The molecule has 5 nitrogen and oxygen atoms in total. The first-order valence-corrected chi connectivity index (χ1v) is 9.65. The van der Waals surface area contributed by atoms with Crippen LogP contribution in [-0.4, -0.2) is 57.8 Å². The summed E-state index contributed by atoms with van der Waals surface area (Å²) in [5.41, 5.74) is 0. The molecule has 1 atom stereocenters. The lowest BCUT2D eigenvalue weighted by atomic mass is 10.0. The summed E-state index contributed by atoms with van der Waals surface area (Å²) in [5, 5.41) is 3.39. The van der Waals surface area contributed by atoms with E-state index in [1.165, 1.54) is 12.8 Å². The van der Waals surface area contributed by atoms with Crippen LogP contribution in [0.25, 0.3) is 0 Å². The molecule has 6 heteroatoms. The van der Waals surface area contributed by atoms with Gasteiger partial charge in [0, 0.05) is 12.6 Å².